The van der Waals surface area contributed by atoms with Crippen molar-refractivity contribution in [3.63, 3.8) is 0 Å². The van der Waals surface area contributed by atoms with Crippen molar-refractivity contribution in [3.8, 4) is 5.75 Å². The van der Waals surface area contributed by atoms with Crippen LogP contribution in [0.25, 0.3) is 5.57 Å². The molecule has 1 amide bonds. The Kier molecular flexibility index (Phi) is 4.84. The predicted molar refractivity (Wildman–Crippen MR) is 103 cm³/mol. The van der Waals surface area contributed by atoms with Crippen molar-refractivity contribution < 1.29 is 9.90 Å². The van der Waals surface area contributed by atoms with E-state index in [0.29, 0.717) is 11.6 Å². The molecule has 1 aromatic carbocycles. The SMILES string of the molecule is C/C(=C1\SCN(C)C1=O)c1cc(C(C)(C)C)c(O)c(C(C)(C)C)c1. The Labute approximate surface area is 150 Å². The molecule has 1 heterocycles. The van der Waals surface area contributed by atoms with Gasteiger partial charge in [-0.25, -0.2) is 0 Å². The Morgan fingerprint density at radius 1 is 1.08 bits per heavy atom. The van der Waals surface area contributed by atoms with Crippen LogP contribution in [-0.2, 0) is 15.6 Å². The molecule has 3 nitrogen and oxygen atoms in total. The highest BCUT2D eigenvalue weighted by molar-refractivity contribution is 8.04. The van der Waals surface area contributed by atoms with Gasteiger partial charge in [-0.05, 0) is 41.0 Å². The lowest BCUT2D eigenvalue weighted by atomic mass is 9.77. The van der Waals surface area contributed by atoms with Gasteiger partial charge in [-0.1, -0.05) is 53.3 Å². The van der Waals surface area contributed by atoms with E-state index in [0.717, 1.165) is 27.2 Å². The van der Waals surface area contributed by atoms with E-state index in [1.165, 1.54) is 0 Å². The van der Waals surface area contributed by atoms with E-state index < -0.39 is 0 Å². The highest BCUT2D eigenvalue weighted by Gasteiger charge is 2.29. The van der Waals surface area contributed by atoms with Crippen molar-refractivity contribution >= 4 is 23.2 Å². The minimum atomic E-state index is -0.172. The molecule has 0 radical (unpaired) electrons. The number of benzene rings is 1. The summed E-state index contributed by atoms with van der Waals surface area (Å²) >= 11 is 1.59. The molecule has 132 valence electrons. The van der Waals surface area contributed by atoms with Gasteiger partial charge < -0.3 is 10.0 Å². The maximum absolute atomic E-state index is 12.3. The monoisotopic (exact) mass is 347 g/mol. The molecule has 0 aliphatic carbocycles. The summed E-state index contributed by atoms with van der Waals surface area (Å²) in [4.78, 5) is 14.9. The number of aromatic hydroxyl groups is 1. The number of carbonyl (C=O) groups is 1. The smallest absolute Gasteiger partial charge is 0.261 e. The number of phenols is 1. The first kappa shape index (κ1) is 18.9. The van der Waals surface area contributed by atoms with E-state index in [1.54, 1.807) is 16.7 Å². The summed E-state index contributed by atoms with van der Waals surface area (Å²) < 4.78 is 0. The highest BCUT2D eigenvalue weighted by atomic mass is 32.2. The molecule has 1 aliphatic heterocycles. The number of allylic oxidation sites excluding steroid dienone is 1. The first-order valence-corrected chi connectivity index (χ1v) is 9.30. The molecule has 1 N–H and O–H groups in total. The van der Waals surface area contributed by atoms with Gasteiger partial charge in [-0.3, -0.25) is 4.79 Å². The lowest BCUT2D eigenvalue weighted by Gasteiger charge is -2.28. The number of amides is 1. The van der Waals surface area contributed by atoms with Gasteiger partial charge in [0.1, 0.15) is 5.75 Å². The average Bonchev–Trinajstić information content (AvgIpc) is 2.76. The van der Waals surface area contributed by atoms with E-state index in [9.17, 15) is 9.90 Å². The van der Waals surface area contributed by atoms with Crippen molar-refractivity contribution in [1.82, 2.24) is 4.90 Å². The van der Waals surface area contributed by atoms with Crippen molar-refractivity contribution in [3.05, 3.63) is 33.7 Å². The van der Waals surface area contributed by atoms with Gasteiger partial charge in [0, 0.05) is 18.2 Å². The Hall–Kier alpha value is -1.42. The third-order valence-electron chi connectivity index (χ3n) is 4.44. The van der Waals surface area contributed by atoms with Crippen LogP contribution in [0.3, 0.4) is 0 Å². The fourth-order valence-electron chi connectivity index (χ4n) is 2.85. The summed E-state index contributed by atoms with van der Waals surface area (Å²) in [7, 11) is 1.83. The van der Waals surface area contributed by atoms with Gasteiger partial charge in [0.05, 0.1) is 10.8 Å². The predicted octanol–water partition coefficient (Wildman–Crippen LogP) is 4.88. The normalized spacial score (nSPS) is 18.3. The van der Waals surface area contributed by atoms with Crippen LogP contribution in [0.4, 0.5) is 0 Å². The molecule has 1 fully saturated rings. The lowest BCUT2D eigenvalue weighted by molar-refractivity contribution is -0.123. The molecule has 2 rings (SSSR count). The number of thioether (sulfide) groups is 1. The van der Waals surface area contributed by atoms with Crippen LogP contribution in [0.1, 0.15) is 65.2 Å². The van der Waals surface area contributed by atoms with Crippen LogP contribution in [0, 0.1) is 0 Å². The lowest BCUT2D eigenvalue weighted by Crippen LogP contribution is -2.20. The van der Waals surface area contributed by atoms with Crippen molar-refractivity contribution in [1.29, 1.82) is 0 Å². The van der Waals surface area contributed by atoms with Crippen molar-refractivity contribution in [2.75, 3.05) is 12.9 Å². The third-order valence-corrected chi connectivity index (χ3v) is 5.73. The number of nitrogens with zero attached hydrogens (tertiary/aromatic N) is 1. The van der Waals surface area contributed by atoms with Crippen LogP contribution in [0.15, 0.2) is 17.0 Å². The van der Waals surface area contributed by atoms with Crippen LogP contribution in [0.5, 0.6) is 5.75 Å². The first-order valence-electron chi connectivity index (χ1n) is 8.31. The molecule has 0 atom stereocenters. The standard InChI is InChI=1S/C20H29NO2S/c1-12(17-18(23)21(8)11-24-17)13-9-14(19(2,3)4)16(22)15(10-13)20(5,6)7/h9-10,22H,11H2,1-8H3/b17-12+. The fourth-order valence-corrected chi connectivity index (χ4v) is 3.90. The van der Waals surface area contributed by atoms with Gasteiger partial charge in [-0.2, -0.15) is 0 Å². The molecule has 0 spiro atoms. The van der Waals surface area contributed by atoms with Gasteiger partial charge in [0.25, 0.3) is 5.91 Å². The summed E-state index contributed by atoms with van der Waals surface area (Å²) in [6, 6.07) is 4.08. The average molecular weight is 348 g/mol. The summed E-state index contributed by atoms with van der Waals surface area (Å²) in [6.07, 6.45) is 0. The van der Waals surface area contributed by atoms with Crippen LogP contribution in [0.2, 0.25) is 0 Å². The Morgan fingerprint density at radius 2 is 1.54 bits per heavy atom. The van der Waals surface area contributed by atoms with Crippen molar-refractivity contribution in [2.45, 2.75) is 59.3 Å². The number of rotatable bonds is 1. The Balaban J connectivity index is 2.72. The zero-order valence-electron chi connectivity index (χ0n) is 16.1. The molecule has 0 saturated carbocycles. The number of hydrogen-bond donors (Lipinski definition) is 1. The summed E-state index contributed by atoms with van der Waals surface area (Å²) in [5.41, 5.74) is 3.52. The zero-order chi connectivity index (χ0) is 18.4. The highest BCUT2D eigenvalue weighted by Crippen LogP contribution is 2.42. The number of likely N-dealkylation sites (N-methyl/N-ethyl adjacent to an activating group) is 1. The van der Waals surface area contributed by atoms with Gasteiger partial charge in [-0.15, -0.1) is 0 Å². The molecule has 4 heteroatoms. The molecular formula is C20H29NO2S. The molecule has 24 heavy (non-hydrogen) atoms. The fraction of sp³-hybridized carbons (Fsp3) is 0.550. The van der Waals surface area contributed by atoms with Crippen LogP contribution in [-0.4, -0.2) is 28.8 Å². The number of phenolic OH excluding ortho intramolecular Hbond substituents is 1. The third kappa shape index (κ3) is 3.49. The van der Waals surface area contributed by atoms with Crippen molar-refractivity contribution in [2.24, 2.45) is 0 Å². The summed E-state index contributed by atoms with van der Waals surface area (Å²) in [5.74, 6) is 1.15. The maximum atomic E-state index is 12.3. The minimum Gasteiger partial charge on any atom is -0.507 e. The first-order chi connectivity index (χ1) is 10.8. The molecule has 1 aliphatic rings. The second kappa shape index (κ2) is 6.14. The van der Waals surface area contributed by atoms with Gasteiger partial charge >= 0.3 is 0 Å². The molecule has 0 aromatic heterocycles. The minimum absolute atomic E-state index is 0.0835. The van der Waals surface area contributed by atoms with Gasteiger partial charge in [0.15, 0.2) is 0 Å². The largest absolute Gasteiger partial charge is 0.507 e. The number of hydrogen-bond acceptors (Lipinski definition) is 3. The van der Waals surface area contributed by atoms with E-state index in [1.807, 2.05) is 26.1 Å². The van der Waals surface area contributed by atoms with Gasteiger partial charge in [0.2, 0.25) is 0 Å². The number of carbonyl (C=O) groups excluding carboxylic acids is 1. The molecule has 1 aromatic rings. The van der Waals surface area contributed by atoms with E-state index in [4.69, 9.17) is 0 Å². The van der Waals surface area contributed by atoms with Crippen LogP contribution >= 0.6 is 11.8 Å². The Morgan fingerprint density at radius 3 is 1.88 bits per heavy atom. The van der Waals surface area contributed by atoms with E-state index in [-0.39, 0.29) is 16.7 Å². The van der Waals surface area contributed by atoms with E-state index >= 15 is 0 Å². The topological polar surface area (TPSA) is 40.5 Å². The molecular weight excluding hydrogens is 318 g/mol. The second-order valence-electron chi connectivity index (χ2n) is 8.65. The Bertz CT molecular complexity index is 670. The van der Waals surface area contributed by atoms with Crippen LogP contribution < -0.4 is 0 Å². The van der Waals surface area contributed by atoms with E-state index in [2.05, 4.69) is 41.5 Å². The maximum Gasteiger partial charge on any atom is 0.261 e. The molecule has 0 bridgehead atoms. The summed E-state index contributed by atoms with van der Waals surface area (Å²) in [5, 5.41) is 10.8. The summed E-state index contributed by atoms with van der Waals surface area (Å²) in [6.45, 7) is 14.6. The second-order valence-corrected chi connectivity index (χ2v) is 9.61. The zero-order valence-corrected chi connectivity index (χ0v) is 16.9. The molecule has 1 saturated heterocycles. The molecule has 0 unspecified atom stereocenters. The quantitative estimate of drug-likeness (QED) is 0.736.